The van der Waals surface area contributed by atoms with Crippen LogP contribution in [0.4, 0.5) is 0 Å². The first-order valence-electron chi connectivity index (χ1n) is 6.15. The van der Waals surface area contributed by atoms with Crippen LogP contribution in [0, 0.1) is 0 Å². The van der Waals surface area contributed by atoms with Gasteiger partial charge >= 0.3 is 0 Å². The zero-order valence-corrected chi connectivity index (χ0v) is 10.6. The summed E-state index contributed by atoms with van der Waals surface area (Å²) >= 11 is 0. The maximum absolute atomic E-state index is 12.4. The molecule has 0 aromatic rings. The van der Waals surface area contributed by atoms with Crippen molar-refractivity contribution in [1.29, 1.82) is 0 Å². The lowest BCUT2D eigenvalue weighted by atomic mass is 9.96. The Balaban J connectivity index is 2.03. The number of allylic oxidation sites excluding steroid dienone is 2. The number of carbonyl (C=O) groups is 1. The van der Waals surface area contributed by atoms with Crippen LogP contribution >= 0.6 is 0 Å². The number of ether oxygens (including phenoxy) is 2. The maximum atomic E-state index is 12.4. The number of aliphatic imine (C=N–C) groups is 1. The van der Waals surface area contributed by atoms with E-state index in [1.165, 1.54) is 0 Å². The van der Waals surface area contributed by atoms with E-state index >= 15 is 0 Å². The van der Waals surface area contributed by atoms with Crippen LogP contribution in [-0.2, 0) is 14.3 Å². The molecule has 0 aromatic carbocycles. The van der Waals surface area contributed by atoms with Crippen molar-refractivity contribution in [3.8, 4) is 0 Å². The second-order valence-corrected chi connectivity index (χ2v) is 4.63. The van der Waals surface area contributed by atoms with E-state index in [4.69, 9.17) is 9.47 Å². The molecule has 3 rings (SSSR count). The number of methoxy groups -OCH3 is 2. The molecule has 5 heteroatoms. The minimum atomic E-state index is 0.0341. The Morgan fingerprint density at radius 2 is 2.22 bits per heavy atom. The average Bonchev–Trinajstić information content (AvgIpc) is 2.86. The Labute approximate surface area is 106 Å². The molecular weight excluding hydrogens is 232 g/mol. The van der Waals surface area contributed by atoms with Crippen molar-refractivity contribution < 1.29 is 14.3 Å². The van der Waals surface area contributed by atoms with E-state index in [-0.39, 0.29) is 12.1 Å². The molecule has 2 heterocycles. The van der Waals surface area contributed by atoms with Gasteiger partial charge in [-0.3, -0.25) is 9.79 Å². The molecule has 0 bridgehead atoms. The summed E-state index contributed by atoms with van der Waals surface area (Å²) in [5.74, 6) is 1.43. The molecule has 1 aliphatic carbocycles. The molecule has 0 radical (unpaired) electrons. The number of hydrogen-bond acceptors (Lipinski definition) is 4. The largest absolute Gasteiger partial charge is 0.497 e. The molecule has 0 aromatic heterocycles. The highest BCUT2D eigenvalue weighted by molar-refractivity contribution is 6.24. The number of nitrogens with zero attached hydrogens (tertiary/aromatic N) is 2. The van der Waals surface area contributed by atoms with Crippen LogP contribution in [0.5, 0.6) is 0 Å². The first kappa shape index (κ1) is 11.3. The van der Waals surface area contributed by atoms with Gasteiger partial charge in [0.1, 0.15) is 11.9 Å². The van der Waals surface area contributed by atoms with Crippen molar-refractivity contribution in [2.45, 2.75) is 25.4 Å². The van der Waals surface area contributed by atoms with Crippen LogP contribution in [0.1, 0.15) is 19.3 Å². The molecule has 2 aliphatic heterocycles. The summed E-state index contributed by atoms with van der Waals surface area (Å²) in [7, 11) is 3.19. The van der Waals surface area contributed by atoms with Crippen LogP contribution in [0.15, 0.2) is 28.2 Å². The van der Waals surface area contributed by atoms with Crippen molar-refractivity contribution in [2.75, 3.05) is 20.8 Å². The van der Waals surface area contributed by atoms with Gasteiger partial charge in [-0.05, 0) is 18.9 Å². The average molecular weight is 248 g/mol. The quantitative estimate of drug-likeness (QED) is 0.738. The molecule has 1 atom stereocenters. The lowest BCUT2D eigenvalue weighted by Crippen LogP contribution is -2.42. The van der Waals surface area contributed by atoms with Crippen molar-refractivity contribution in [2.24, 2.45) is 4.99 Å². The van der Waals surface area contributed by atoms with Crippen molar-refractivity contribution >= 4 is 11.6 Å². The molecule has 5 nitrogen and oxygen atoms in total. The van der Waals surface area contributed by atoms with E-state index in [1.54, 1.807) is 20.3 Å². The zero-order valence-electron chi connectivity index (χ0n) is 10.6. The second kappa shape index (κ2) is 4.15. The number of rotatable bonds is 2. The summed E-state index contributed by atoms with van der Waals surface area (Å²) in [4.78, 5) is 18.9. The summed E-state index contributed by atoms with van der Waals surface area (Å²) in [5.41, 5.74) is 1.49. The standard InChI is InChI=1S/C13H16N2O3/c1-17-10-6-8-9(7-11(10)18-2)14-12-4-3-5-15(12)13(8)16/h6,12H,3-5,7H2,1-2H3. The Morgan fingerprint density at radius 1 is 1.39 bits per heavy atom. The molecule has 1 unspecified atom stereocenters. The van der Waals surface area contributed by atoms with Gasteiger partial charge in [0.2, 0.25) is 0 Å². The molecule has 18 heavy (non-hydrogen) atoms. The van der Waals surface area contributed by atoms with E-state index in [0.717, 1.165) is 30.9 Å². The number of hydrogen-bond donors (Lipinski definition) is 0. The third-order valence-corrected chi connectivity index (χ3v) is 3.67. The van der Waals surface area contributed by atoms with E-state index < -0.39 is 0 Å². The highest BCUT2D eigenvalue weighted by Gasteiger charge is 2.38. The lowest BCUT2D eigenvalue weighted by Gasteiger charge is -2.31. The van der Waals surface area contributed by atoms with Crippen LogP contribution in [-0.4, -0.2) is 43.4 Å². The number of carbonyl (C=O) groups excluding carboxylic acids is 1. The maximum Gasteiger partial charge on any atom is 0.257 e. The summed E-state index contributed by atoms with van der Waals surface area (Å²) in [6.45, 7) is 0.806. The molecule has 3 aliphatic rings. The SMILES string of the molecule is COC1=C(OC)CC2=NC3CCCN3C(=O)C2=C1. The van der Waals surface area contributed by atoms with Crippen LogP contribution < -0.4 is 0 Å². The monoisotopic (exact) mass is 248 g/mol. The lowest BCUT2D eigenvalue weighted by molar-refractivity contribution is -0.127. The third-order valence-electron chi connectivity index (χ3n) is 3.67. The van der Waals surface area contributed by atoms with Crippen molar-refractivity contribution in [3.63, 3.8) is 0 Å². The van der Waals surface area contributed by atoms with Crippen LogP contribution in [0.2, 0.25) is 0 Å². The van der Waals surface area contributed by atoms with Gasteiger partial charge in [0.25, 0.3) is 5.91 Å². The number of amides is 1. The minimum absolute atomic E-state index is 0.0341. The fraction of sp³-hybridized carbons (Fsp3) is 0.538. The normalized spacial score (nSPS) is 26.4. The number of fused-ring (bicyclic) bond motifs is 2. The topological polar surface area (TPSA) is 51.1 Å². The molecule has 0 saturated carbocycles. The minimum Gasteiger partial charge on any atom is -0.497 e. The van der Waals surface area contributed by atoms with Gasteiger partial charge in [-0.2, -0.15) is 0 Å². The van der Waals surface area contributed by atoms with Gasteiger partial charge in [-0.1, -0.05) is 0 Å². The van der Waals surface area contributed by atoms with E-state index in [0.29, 0.717) is 17.8 Å². The van der Waals surface area contributed by atoms with Gasteiger partial charge in [-0.15, -0.1) is 0 Å². The predicted molar refractivity (Wildman–Crippen MR) is 65.9 cm³/mol. The van der Waals surface area contributed by atoms with Gasteiger partial charge in [0, 0.05) is 6.54 Å². The molecule has 1 amide bonds. The van der Waals surface area contributed by atoms with E-state index in [1.807, 2.05) is 4.90 Å². The summed E-state index contributed by atoms with van der Waals surface area (Å²) < 4.78 is 10.6. The molecule has 0 spiro atoms. The molecule has 96 valence electrons. The zero-order chi connectivity index (χ0) is 12.7. The Morgan fingerprint density at radius 3 is 2.94 bits per heavy atom. The third kappa shape index (κ3) is 1.54. The molecular formula is C13H16N2O3. The van der Waals surface area contributed by atoms with Gasteiger partial charge < -0.3 is 14.4 Å². The molecule has 1 saturated heterocycles. The summed E-state index contributed by atoms with van der Waals surface area (Å²) in [6.07, 6.45) is 4.32. The Hall–Kier alpha value is -1.78. The summed E-state index contributed by atoms with van der Waals surface area (Å²) in [6, 6.07) is 0. The van der Waals surface area contributed by atoms with E-state index in [9.17, 15) is 4.79 Å². The first-order chi connectivity index (χ1) is 8.74. The Kier molecular flexibility index (Phi) is 2.61. The van der Waals surface area contributed by atoms with Gasteiger partial charge in [0.15, 0.2) is 5.76 Å². The molecule has 1 fully saturated rings. The van der Waals surface area contributed by atoms with Crippen molar-refractivity contribution in [1.82, 2.24) is 4.90 Å². The highest BCUT2D eigenvalue weighted by Crippen LogP contribution is 2.32. The fourth-order valence-corrected chi connectivity index (χ4v) is 2.73. The van der Waals surface area contributed by atoms with Crippen LogP contribution in [0.3, 0.4) is 0 Å². The van der Waals surface area contributed by atoms with Crippen LogP contribution in [0.25, 0.3) is 0 Å². The molecule has 0 N–H and O–H groups in total. The highest BCUT2D eigenvalue weighted by atomic mass is 16.5. The van der Waals surface area contributed by atoms with E-state index in [2.05, 4.69) is 4.99 Å². The fourth-order valence-electron chi connectivity index (χ4n) is 2.73. The van der Waals surface area contributed by atoms with Gasteiger partial charge in [0.05, 0.1) is 31.9 Å². The summed E-state index contributed by atoms with van der Waals surface area (Å²) in [5, 5.41) is 0. The van der Waals surface area contributed by atoms with Gasteiger partial charge in [-0.25, -0.2) is 0 Å². The smallest absolute Gasteiger partial charge is 0.257 e. The second-order valence-electron chi connectivity index (χ2n) is 4.63. The first-order valence-corrected chi connectivity index (χ1v) is 6.15. The Bertz CT molecular complexity index is 490. The van der Waals surface area contributed by atoms with Crippen molar-refractivity contribution in [3.05, 3.63) is 23.2 Å². The predicted octanol–water partition coefficient (Wildman–Crippen LogP) is 1.22.